The lowest BCUT2D eigenvalue weighted by Crippen LogP contribution is -2.23. The van der Waals surface area contributed by atoms with Crippen molar-refractivity contribution in [3.8, 4) is 0 Å². The summed E-state index contributed by atoms with van der Waals surface area (Å²) in [6.45, 7) is 17.1. The van der Waals surface area contributed by atoms with E-state index in [2.05, 4.69) is 10.6 Å². The number of rotatable bonds is 13. The largest absolute Gasteiger partial charge is 0.462 e. The van der Waals surface area contributed by atoms with E-state index >= 15 is 0 Å². The number of esters is 4. The number of unbranched alkanes of at least 4 members (excludes halogenated alkanes) is 1. The van der Waals surface area contributed by atoms with E-state index in [1.165, 1.54) is 0 Å². The zero-order chi connectivity index (χ0) is 35.0. The van der Waals surface area contributed by atoms with Gasteiger partial charge < -0.3 is 29.6 Å². The van der Waals surface area contributed by atoms with Gasteiger partial charge in [0.2, 0.25) is 11.8 Å². The Bertz CT molecular complexity index is 1360. The maximum Gasteiger partial charge on any atom is 0.349 e. The van der Waals surface area contributed by atoms with Gasteiger partial charge in [-0.15, -0.1) is 22.7 Å². The first kappa shape index (κ1) is 38.4. The number of hydrogen-bond donors (Lipinski definition) is 2. The number of anilines is 2. The second kappa shape index (κ2) is 16.2. The first-order chi connectivity index (χ1) is 21.3. The molecule has 2 amide bonds. The van der Waals surface area contributed by atoms with Crippen molar-refractivity contribution in [3.05, 3.63) is 32.0 Å². The van der Waals surface area contributed by atoms with Gasteiger partial charge in [-0.25, -0.2) is 19.2 Å². The molecule has 0 unspecified atom stereocenters. The second-order valence-corrected chi connectivity index (χ2v) is 14.3. The van der Waals surface area contributed by atoms with Crippen molar-refractivity contribution in [2.24, 2.45) is 0 Å². The van der Waals surface area contributed by atoms with E-state index in [-0.39, 0.29) is 56.9 Å². The quantitative estimate of drug-likeness (QED) is 0.130. The van der Waals surface area contributed by atoms with Crippen molar-refractivity contribution >= 4 is 68.4 Å². The summed E-state index contributed by atoms with van der Waals surface area (Å²) in [5.41, 5.74) is -0.618. The van der Waals surface area contributed by atoms with Crippen LogP contribution in [-0.4, -0.2) is 60.1 Å². The predicted molar refractivity (Wildman–Crippen MR) is 176 cm³/mol. The summed E-state index contributed by atoms with van der Waals surface area (Å²) in [5.74, 6) is -3.39. The Hall–Kier alpha value is -3.78. The standard InChI is InChI=1S/C32H44N2O10S2/c1-11-41-27(37)21-17(3)23(29(39)43-31(5,6)7)45-25(21)33-19(35)15-13-14-16-20(36)34-26-22(28(38)42-12-2)18(4)24(46-26)30(40)44-32(8,9)10/h11-16H2,1-10H3,(H,33,35)(H,34,36). The molecule has 2 rings (SSSR count). The molecule has 0 saturated heterocycles. The molecule has 0 aliphatic heterocycles. The summed E-state index contributed by atoms with van der Waals surface area (Å²) in [6, 6.07) is 0. The molecular weight excluding hydrogens is 636 g/mol. The van der Waals surface area contributed by atoms with E-state index in [1.54, 1.807) is 69.2 Å². The highest BCUT2D eigenvalue weighted by molar-refractivity contribution is 7.19. The van der Waals surface area contributed by atoms with Crippen LogP contribution in [0.25, 0.3) is 0 Å². The highest BCUT2D eigenvalue weighted by Gasteiger charge is 2.31. The molecule has 2 heterocycles. The predicted octanol–water partition coefficient (Wildman–Crippen LogP) is 6.83. The van der Waals surface area contributed by atoms with E-state index in [0.29, 0.717) is 24.0 Å². The fourth-order valence-corrected chi connectivity index (χ4v) is 6.26. The van der Waals surface area contributed by atoms with Crippen LogP contribution < -0.4 is 10.6 Å². The smallest absolute Gasteiger partial charge is 0.349 e. The summed E-state index contributed by atoms with van der Waals surface area (Å²) < 4.78 is 21.2. The van der Waals surface area contributed by atoms with Crippen molar-refractivity contribution in [3.63, 3.8) is 0 Å². The van der Waals surface area contributed by atoms with Gasteiger partial charge in [0.05, 0.1) is 24.3 Å². The van der Waals surface area contributed by atoms with Crippen LogP contribution in [0.2, 0.25) is 0 Å². The van der Waals surface area contributed by atoms with E-state index in [4.69, 9.17) is 18.9 Å². The maximum absolute atomic E-state index is 12.8. The fourth-order valence-electron chi connectivity index (χ4n) is 4.09. The van der Waals surface area contributed by atoms with Crippen LogP contribution in [0.3, 0.4) is 0 Å². The van der Waals surface area contributed by atoms with Crippen LogP contribution in [0, 0.1) is 13.8 Å². The van der Waals surface area contributed by atoms with E-state index < -0.39 is 46.9 Å². The summed E-state index contributed by atoms with van der Waals surface area (Å²) in [5, 5.41) is 5.76. The molecular formula is C32H44N2O10S2. The third-order valence-electron chi connectivity index (χ3n) is 5.98. The average Bonchev–Trinajstić information content (AvgIpc) is 3.40. The Morgan fingerprint density at radius 3 is 1.20 bits per heavy atom. The fraction of sp³-hybridized carbons (Fsp3) is 0.562. The molecule has 0 aliphatic rings. The third-order valence-corrected chi connectivity index (χ3v) is 8.36. The lowest BCUT2D eigenvalue weighted by molar-refractivity contribution is -0.118. The molecule has 0 aliphatic carbocycles. The molecule has 254 valence electrons. The molecule has 0 saturated carbocycles. The molecule has 46 heavy (non-hydrogen) atoms. The lowest BCUT2D eigenvalue weighted by atomic mass is 10.1. The van der Waals surface area contributed by atoms with Crippen LogP contribution in [0.5, 0.6) is 0 Å². The van der Waals surface area contributed by atoms with E-state index in [1.807, 2.05) is 0 Å². The Morgan fingerprint density at radius 1 is 0.587 bits per heavy atom. The normalized spacial score (nSPS) is 11.4. The minimum atomic E-state index is -0.754. The minimum Gasteiger partial charge on any atom is -0.462 e. The van der Waals surface area contributed by atoms with Gasteiger partial charge in [0.15, 0.2) is 0 Å². The number of carbonyl (C=O) groups is 6. The molecule has 0 spiro atoms. The Morgan fingerprint density at radius 2 is 0.913 bits per heavy atom. The number of hydrogen-bond acceptors (Lipinski definition) is 12. The van der Waals surface area contributed by atoms with Crippen LogP contribution in [-0.2, 0) is 28.5 Å². The zero-order valence-electron chi connectivity index (χ0n) is 28.1. The van der Waals surface area contributed by atoms with E-state index in [9.17, 15) is 28.8 Å². The highest BCUT2D eigenvalue weighted by atomic mass is 32.1. The molecule has 2 aromatic rings. The van der Waals surface area contributed by atoms with Crippen molar-refractivity contribution in [1.82, 2.24) is 0 Å². The number of thiophene rings is 2. The van der Waals surface area contributed by atoms with Gasteiger partial charge >= 0.3 is 23.9 Å². The van der Waals surface area contributed by atoms with Gasteiger partial charge in [0.1, 0.15) is 31.0 Å². The molecule has 14 heteroatoms. The van der Waals surface area contributed by atoms with Crippen LogP contribution >= 0.6 is 22.7 Å². The first-order valence-electron chi connectivity index (χ1n) is 15.0. The Labute approximate surface area is 277 Å². The van der Waals surface area contributed by atoms with E-state index in [0.717, 1.165) is 22.7 Å². The Kier molecular flexibility index (Phi) is 13.5. The van der Waals surface area contributed by atoms with Gasteiger partial charge in [-0.3, -0.25) is 9.59 Å². The maximum atomic E-state index is 12.8. The molecule has 0 atom stereocenters. The summed E-state index contributed by atoms with van der Waals surface area (Å²) >= 11 is 1.87. The molecule has 12 nitrogen and oxygen atoms in total. The van der Waals surface area contributed by atoms with Gasteiger partial charge in [-0.2, -0.15) is 0 Å². The number of amides is 2. The first-order valence-corrected chi connectivity index (χ1v) is 16.6. The number of ether oxygens (including phenoxy) is 4. The molecule has 0 fully saturated rings. The molecule has 2 aromatic heterocycles. The monoisotopic (exact) mass is 680 g/mol. The topological polar surface area (TPSA) is 163 Å². The third kappa shape index (κ3) is 10.9. The molecule has 0 radical (unpaired) electrons. The van der Waals surface area contributed by atoms with Crippen molar-refractivity contribution in [1.29, 1.82) is 0 Å². The van der Waals surface area contributed by atoms with Gasteiger partial charge in [0.25, 0.3) is 0 Å². The molecule has 2 N–H and O–H groups in total. The van der Waals surface area contributed by atoms with Gasteiger partial charge in [-0.05, 0) is 93.2 Å². The van der Waals surface area contributed by atoms with Gasteiger partial charge in [-0.1, -0.05) is 0 Å². The molecule has 0 bridgehead atoms. The second-order valence-electron chi connectivity index (χ2n) is 12.3. The number of carbonyl (C=O) groups excluding carboxylic acids is 6. The summed E-state index contributed by atoms with van der Waals surface area (Å²) in [4.78, 5) is 76.9. The zero-order valence-corrected chi connectivity index (χ0v) is 29.8. The summed E-state index contributed by atoms with van der Waals surface area (Å²) in [6.07, 6.45) is 0.718. The lowest BCUT2D eigenvalue weighted by Gasteiger charge is -2.19. The van der Waals surface area contributed by atoms with Crippen LogP contribution in [0.15, 0.2) is 0 Å². The number of nitrogens with one attached hydrogen (secondary N) is 2. The SMILES string of the molecule is CCOC(=O)c1c(NC(=O)CCCCC(=O)Nc2sc(C(=O)OC(C)(C)C)c(C)c2C(=O)OCC)sc(C(=O)OC(C)(C)C)c1C. The van der Waals surface area contributed by atoms with Crippen molar-refractivity contribution < 1.29 is 47.7 Å². The Balaban J connectivity index is 2.08. The van der Waals surface area contributed by atoms with Crippen LogP contribution in [0.1, 0.15) is 132 Å². The van der Waals surface area contributed by atoms with Gasteiger partial charge in [0, 0.05) is 12.8 Å². The van der Waals surface area contributed by atoms with Crippen molar-refractivity contribution in [2.45, 2.75) is 106 Å². The average molecular weight is 681 g/mol. The summed E-state index contributed by atoms with van der Waals surface area (Å²) in [7, 11) is 0. The van der Waals surface area contributed by atoms with Crippen molar-refractivity contribution in [2.75, 3.05) is 23.8 Å². The molecule has 0 aromatic carbocycles. The minimum absolute atomic E-state index is 0.0310. The highest BCUT2D eigenvalue weighted by Crippen LogP contribution is 2.36. The van der Waals surface area contributed by atoms with Crippen LogP contribution in [0.4, 0.5) is 10.0 Å².